The Morgan fingerprint density at radius 3 is 1.69 bits per heavy atom. The van der Waals surface area contributed by atoms with Gasteiger partial charge in [-0.3, -0.25) is 0 Å². The van der Waals surface area contributed by atoms with Gasteiger partial charge in [0.25, 0.3) is 0 Å². The van der Waals surface area contributed by atoms with Crippen molar-refractivity contribution in [2.75, 3.05) is 28.2 Å². The molecule has 0 aliphatic heterocycles. The molecule has 1 atom stereocenters. The van der Waals surface area contributed by atoms with Crippen LogP contribution in [0.1, 0.15) is 68.0 Å². The number of nitrogens with zero attached hydrogens (tertiary/aromatic N) is 4. The normalized spacial score (nSPS) is 11.4. The van der Waals surface area contributed by atoms with E-state index in [1.165, 1.54) is 43.6 Å². The molecule has 0 N–H and O–H groups in total. The monoisotopic (exact) mass is 836 g/mol. The van der Waals surface area contributed by atoms with Gasteiger partial charge in [-0.1, -0.05) is 153 Å². The summed E-state index contributed by atoms with van der Waals surface area (Å²) in [5.74, 6) is 0.678. The maximum absolute atomic E-state index is 5.72. The van der Waals surface area contributed by atoms with Crippen molar-refractivity contribution < 1.29 is 25.8 Å². The Balaban J connectivity index is 0.000000780. The third-order valence-corrected chi connectivity index (χ3v) is 8.72. The quantitative estimate of drug-likeness (QED) is 0.0896. The van der Waals surface area contributed by atoms with Crippen LogP contribution in [0.5, 0.6) is 0 Å². The molecule has 5 heteroatoms. The van der Waals surface area contributed by atoms with Gasteiger partial charge in [-0.05, 0) is 56.7 Å². The second kappa shape index (κ2) is 18.9. The van der Waals surface area contributed by atoms with Gasteiger partial charge in [-0.25, -0.2) is 0 Å². The van der Waals surface area contributed by atoms with Crippen molar-refractivity contribution in [2.45, 2.75) is 45.6 Å². The van der Waals surface area contributed by atoms with Crippen LogP contribution in [-0.2, 0) is 25.8 Å². The van der Waals surface area contributed by atoms with Crippen LogP contribution in [0.25, 0.3) is 59.5 Å². The molecule has 7 aromatic rings. The summed E-state index contributed by atoms with van der Waals surface area (Å²) in [4.78, 5) is 5.38. The molecule has 0 amide bonds. The van der Waals surface area contributed by atoms with E-state index in [1.54, 1.807) is 28.2 Å². The van der Waals surface area contributed by atoms with Gasteiger partial charge in [-0.2, -0.15) is 28.2 Å². The molecule has 0 radical (unpaired) electrons. The Morgan fingerprint density at radius 2 is 1.06 bits per heavy atom. The van der Waals surface area contributed by atoms with Crippen molar-refractivity contribution >= 4 is 38.0 Å². The molecule has 0 fully saturated rings. The first kappa shape index (κ1) is 39.6. The first-order valence-corrected chi connectivity index (χ1v) is 17.4. The van der Waals surface area contributed by atoms with E-state index in [0.717, 1.165) is 28.0 Å². The molecule has 0 bridgehead atoms. The van der Waals surface area contributed by atoms with Crippen molar-refractivity contribution in [3.05, 3.63) is 172 Å². The van der Waals surface area contributed by atoms with E-state index < -0.39 is 0 Å². The van der Waals surface area contributed by atoms with E-state index in [4.69, 9.17) is 10.3 Å². The molecule has 6 aromatic carbocycles. The second-order valence-electron chi connectivity index (χ2n) is 13.1. The van der Waals surface area contributed by atoms with Crippen molar-refractivity contribution in [3.8, 4) is 11.3 Å². The molecule has 1 aromatic heterocycles. The number of hydrogen-bond acceptors (Lipinski definition) is 1. The summed E-state index contributed by atoms with van der Waals surface area (Å²) in [5, 5.41) is 20.0. The number of para-hydroxylation sites is 1. The molecule has 7 rings (SSSR count). The predicted molar refractivity (Wildman–Crippen MR) is 217 cm³/mol. The molecule has 0 saturated carbocycles. The van der Waals surface area contributed by atoms with Crippen molar-refractivity contribution in [3.63, 3.8) is 0 Å². The fraction of sp³-hybridized carbons (Fsp3) is 0.239. The van der Waals surface area contributed by atoms with Crippen LogP contribution in [0.3, 0.4) is 0 Å². The van der Waals surface area contributed by atoms with E-state index in [0.29, 0.717) is 11.8 Å². The van der Waals surface area contributed by atoms with E-state index in [2.05, 4.69) is 166 Å². The first-order chi connectivity index (χ1) is 24.3. The topological polar surface area (TPSA) is 55.2 Å². The summed E-state index contributed by atoms with van der Waals surface area (Å²) < 4.78 is 0. The maximum atomic E-state index is 5.72. The van der Waals surface area contributed by atoms with Gasteiger partial charge in [0.2, 0.25) is 0 Å². The third kappa shape index (κ3) is 9.02. The van der Waals surface area contributed by atoms with E-state index in [-0.39, 0.29) is 31.9 Å². The van der Waals surface area contributed by atoms with Crippen LogP contribution in [0.4, 0.5) is 5.69 Å². The van der Waals surface area contributed by atoms with Crippen molar-refractivity contribution in [2.24, 2.45) is 0 Å². The predicted octanol–water partition coefficient (Wildman–Crippen LogP) is 13.3. The number of aromatic nitrogens is 1. The van der Waals surface area contributed by atoms with Gasteiger partial charge in [0.1, 0.15) is 0 Å². The van der Waals surface area contributed by atoms with Crippen LogP contribution in [-0.4, -0.2) is 33.2 Å². The number of benzene rings is 6. The Bertz CT molecular complexity index is 2140. The van der Waals surface area contributed by atoms with Gasteiger partial charge in [0.05, 0.1) is 0 Å². The van der Waals surface area contributed by atoms with Crippen LogP contribution >= 0.6 is 0 Å². The SMILES string of the molecule is CC(C)c1cccc(C(C)C)c1[N-]C(c1cccc(-c2[c-]ccc3ccccc23)n1)c1cc2ccccc2c2ccccc12.C[N-]C.C[N-]C.[Hf+4]. The molecular weight excluding hydrogens is 787 g/mol. The third-order valence-electron chi connectivity index (χ3n) is 8.72. The van der Waals surface area contributed by atoms with Gasteiger partial charge >= 0.3 is 25.8 Å². The van der Waals surface area contributed by atoms with Crippen molar-refractivity contribution in [1.82, 2.24) is 4.98 Å². The number of pyridine rings is 1. The molecule has 0 spiro atoms. The average molecular weight is 835 g/mol. The number of rotatable bonds is 7. The summed E-state index contributed by atoms with van der Waals surface area (Å²) in [6, 6.07) is 48.5. The zero-order chi connectivity index (χ0) is 35.6. The fourth-order valence-corrected chi connectivity index (χ4v) is 6.51. The minimum atomic E-state index is -0.308. The molecule has 256 valence electrons. The van der Waals surface area contributed by atoms with Gasteiger partial charge in [0, 0.05) is 5.69 Å². The van der Waals surface area contributed by atoms with E-state index in [9.17, 15) is 0 Å². The molecule has 51 heavy (non-hydrogen) atoms. The van der Waals surface area contributed by atoms with Gasteiger partial charge in [-0.15, -0.1) is 34.8 Å². The summed E-state index contributed by atoms with van der Waals surface area (Å²) in [6.45, 7) is 9.03. The van der Waals surface area contributed by atoms with Crippen LogP contribution in [0, 0.1) is 6.07 Å². The standard InChI is InChI=1S/C42H36N2.2C2H6N.Hf/c1-27(2)31-21-12-22-32(28(3)4)41(31)44-42(38-26-30-15-6-8-18-34(30)35-19-9-10-20-36(35)38)40-25-13-24-39(43-40)37-23-11-16-29-14-5-7-17-33(29)37;2*1-3-2;/h5-22,24-28,42H,1-4H3;2*1-2H3;/q-2;2*-1;+4. The number of hydrogen-bond donors (Lipinski definition) is 0. The molecule has 0 saturated heterocycles. The van der Waals surface area contributed by atoms with Gasteiger partial charge in [0.15, 0.2) is 0 Å². The summed E-state index contributed by atoms with van der Waals surface area (Å²) in [5.41, 5.74) is 7.64. The smallest absolute Gasteiger partial charge is 0.673 e. The van der Waals surface area contributed by atoms with Crippen molar-refractivity contribution in [1.29, 1.82) is 0 Å². The zero-order valence-corrected chi connectivity index (χ0v) is 34.7. The van der Waals surface area contributed by atoms with E-state index in [1.807, 2.05) is 6.07 Å². The average Bonchev–Trinajstić information content (AvgIpc) is 3.14. The largest absolute Gasteiger partial charge is 4.00 e. The van der Waals surface area contributed by atoms with E-state index >= 15 is 0 Å². The molecule has 4 nitrogen and oxygen atoms in total. The Labute approximate surface area is 323 Å². The molecule has 0 aliphatic carbocycles. The minimum absolute atomic E-state index is 0. The van der Waals surface area contributed by atoms with Crippen LogP contribution in [0.15, 0.2) is 127 Å². The Morgan fingerprint density at radius 1 is 0.529 bits per heavy atom. The van der Waals surface area contributed by atoms with Crippen LogP contribution in [0.2, 0.25) is 0 Å². The molecule has 1 heterocycles. The zero-order valence-electron chi connectivity index (χ0n) is 31.1. The molecule has 0 aliphatic rings. The maximum Gasteiger partial charge on any atom is 4.00 e. The number of fused-ring (bicyclic) bond motifs is 4. The van der Waals surface area contributed by atoms with Crippen LogP contribution < -0.4 is 0 Å². The fourth-order valence-electron chi connectivity index (χ4n) is 6.51. The first-order valence-electron chi connectivity index (χ1n) is 17.4. The van der Waals surface area contributed by atoms with Gasteiger partial charge < -0.3 is 20.9 Å². The molecular formula is C46H48HfN4. The summed E-state index contributed by atoms with van der Waals surface area (Å²) in [7, 11) is 7.00. The Kier molecular flexibility index (Phi) is 14.7. The molecule has 1 unspecified atom stereocenters. The Hall–Kier alpha value is -4.16. The minimum Gasteiger partial charge on any atom is -0.673 e. The summed E-state index contributed by atoms with van der Waals surface area (Å²) >= 11 is 0. The second-order valence-corrected chi connectivity index (χ2v) is 13.1. The summed E-state index contributed by atoms with van der Waals surface area (Å²) in [6.07, 6.45) is 0.